The quantitative estimate of drug-likeness (QED) is 0.768. The third-order valence-corrected chi connectivity index (χ3v) is 3.24. The zero-order chi connectivity index (χ0) is 13.7. The summed E-state index contributed by atoms with van der Waals surface area (Å²) in [6.07, 6.45) is 1.08. The fourth-order valence-corrected chi connectivity index (χ4v) is 2.00. The maximum atomic E-state index is 11.9. The molecule has 104 valence electrons. The summed E-state index contributed by atoms with van der Waals surface area (Å²) in [5.41, 5.74) is 0. The van der Waals surface area contributed by atoms with E-state index in [2.05, 4.69) is 5.32 Å². The lowest BCUT2D eigenvalue weighted by atomic mass is 10.0. The van der Waals surface area contributed by atoms with Gasteiger partial charge in [-0.1, -0.05) is 0 Å². The fourth-order valence-electron chi connectivity index (χ4n) is 2.00. The molecule has 0 bridgehead atoms. The van der Waals surface area contributed by atoms with Crippen LogP contribution in [0.15, 0.2) is 0 Å². The molecule has 2 amide bonds. The molecule has 0 aliphatic carbocycles. The molecule has 6 nitrogen and oxygen atoms in total. The molecular formula is C12H22N2O4. The summed E-state index contributed by atoms with van der Waals surface area (Å²) in [6, 6.07) is -0.468. The standard InChI is InChI=1S/C12H22N2O4/c1-8(2)14(7-11(15)16)12(17)13-6-10-4-5-18-9(10)3/h8-10H,4-7H2,1-3H3,(H,13,17)(H,15,16). The molecule has 6 heteroatoms. The van der Waals surface area contributed by atoms with Gasteiger partial charge in [-0.2, -0.15) is 0 Å². The van der Waals surface area contributed by atoms with Crippen molar-refractivity contribution in [2.75, 3.05) is 19.7 Å². The topological polar surface area (TPSA) is 78.9 Å². The highest BCUT2D eigenvalue weighted by Crippen LogP contribution is 2.19. The smallest absolute Gasteiger partial charge is 0.323 e. The van der Waals surface area contributed by atoms with Gasteiger partial charge in [0.15, 0.2) is 0 Å². The van der Waals surface area contributed by atoms with Gasteiger partial charge in [0.2, 0.25) is 0 Å². The molecule has 2 unspecified atom stereocenters. The molecule has 2 atom stereocenters. The molecule has 1 aliphatic rings. The molecular weight excluding hydrogens is 236 g/mol. The van der Waals surface area contributed by atoms with Crippen molar-refractivity contribution in [2.24, 2.45) is 5.92 Å². The van der Waals surface area contributed by atoms with Gasteiger partial charge in [-0.15, -0.1) is 0 Å². The summed E-state index contributed by atoms with van der Waals surface area (Å²) in [5, 5.41) is 11.5. The van der Waals surface area contributed by atoms with Crippen LogP contribution in [0.5, 0.6) is 0 Å². The van der Waals surface area contributed by atoms with Crippen molar-refractivity contribution in [2.45, 2.75) is 39.3 Å². The van der Waals surface area contributed by atoms with E-state index in [1.165, 1.54) is 4.90 Å². The van der Waals surface area contributed by atoms with E-state index in [0.29, 0.717) is 12.5 Å². The van der Waals surface area contributed by atoms with Crippen LogP contribution in [0.1, 0.15) is 27.2 Å². The summed E-state index contributed by atoms with van der Waals surface area (Å²) in [7, 11) is 0. The average molecular weight is 258 g/mol. The summed E-state index contributed by atoms with van der Waals surface area (Å²) < 4.78 is 5.41. The lowest BCUT2D eigenvalue weighted by Gasteiger charge is -2.26. The molecule has 0 spiro atoms. The van der Waals surface area contributed by atoms with Gasteiger partial charge in [0.1, 0.15) is 6.54 Å². The molecule has 0 radical (unpaired) electrons. The number of hydrogen-bond donors (Lipinski definition) is 2. The molecule has 1 heterocycles. The van der Waals surface area contributed by atoms with E-state index in [1.54, 1.807) is 13.8 Å². The number of carbonyl (C=O) groups is 2. The molecule has 0 aromatic carbocycles. The number of rotatable bonds is 5. The number of nitrogens with zero attached hydrogens (tertiary/aromatic N) is 1. The first kappa shape index (κ1) is 14.8. The monoisotopic (exact) mass is 258 g/mol. The molecule has 1 fully saturated rings. The van der Waals surface area contributed by atoms with Crippen LogP contribution in [0, 0.1) is 5.92 Å². The third kappa shape index (κ3) is 4.18. The molecule has 0 aromatic heterocycles. The number of carboxylic acids is 1. The fraction of sp³-hybridized carbons (Fsp3) is 0.833. The van der Waals surface area contributed by atoms with Gasteiger partial charge in [-0.25, -0.2) is 4.79 Å². The van der Waals surface area contributed by atoms with Crippen molar-refractivity contribution in [3.63, 3.8) is 0 Å². The number of aliphatic carboxylic acids is 1. The van der Waals surface area contributed by atoms with Crippen LogP contribution < -0.4 is 5.32 Å². The van der Waals surface area contributed by atoms with Crippen molar-refractivity contribution in [3.8, 4) is 0 Å². The average Bonchev–Trinajstić information content (AvgIpc) is 2.68. The Morgan fingerprint density at radius 3 is 2.61 bits per heavy atom. The van der Waals surface area contributed by atoms with Gasteiger partial charge < -0.3 is 20.1 Å². The lowest BCUT2D eigenvalue weighted by molar-refractivity contribution is -0.138. The Hall–Kier alpha value is -1.30. The Morgan fingerprint density at radius 2 is 2.17 bits per heavy atom. The highest BCUT2D eigenvalue weighted by atomic mass is 16.5. The zero-order valence-corrected chi connectivity index (χ0v) is 11.2. The number of carboxylic acid groups (broad SMARTS) is 1. The Balaban J connectivity index is 2.43. The Morgan fingerprint density at radius 1 is 1.50 bits per heavy atom. The van der Waals surface area contributed by atoms with E-state index >= 15 is 0 Å². The number of hydrogen-bond acceptors (Lipinski definition) is 3. The molecule has 0 saturated carbocycles. The van der Waals surface area contributed by atoms with E-state index in [9.17, 15) is 9.59 Å². The van der Waals surface area contributed by atoms with Crippen molar-refractivity contribution in [1.29, 1.82) is 0 Å². The summed E-state index contributed by atoms with van der Waals surface area (Å²) in [6.45, 7) is 6.56. The number of carbonyl (C=O) groups excluding carboxylic acids is 1. The van der Waals surface area contributed by atoms with Gasteiger partial charge in [0, 0.05) is 25.1 Å². The molecule has 2 N–H and O–H groups in total. The summed E-state index contributed by atoms with van der Waals surface area (Å²) in [5.74, 6) is -0.691. The first-order chi connectivity index (χ1) is 8.41. The van der Waals surface area contributed by atoms with Crippen LogP contribution in [-0.4, -0.2) is 53.8 Å². The first-order valence-electron chi connectivity index (χ1n) is 6.29. The number of nitrogens with one attached hydrogen (secondary N) is 1. The van der Waals surface area contributed by atoms with Gasteiger partial charge in [0.25, 0.3) is 0 Å². The van der Waals surface area contributed by atoms with Gasteiger partial charge in [0.05, 0.1) is 6.10 Å². The van der Waals surface area contributed by atoms with E-state index in [1.807, 2.05) is 6.92 Å². The number of ether oxygens (including phenoxy) is 1. The van der Waals surface area contributed by atoms with E-state index in [0.717, 1.165) is 13.0 Å². The van der Waals surface area contributed by atoms with Crippen LogP contribution in [0.3, 0.4) is 0 Å². The molecule has 0 aromatic rings. The number of urea groups is 1. The SMILES string of the molecule is CC1OCCC1CNC(=O)N(CC(=O)O)C(C)C. The Labute approximate surface area is 107 Å². The second-order valence-corrected chi connectivity index (χ2v) is 4.93. The molecule has 1 aliphatic heterocycles. The summed E-state index contributed by atoms with van der Waals surface area (Å²) >= 11 is 0. The Bertz CT molecular complexity index is 306. The van der Waals surface area contributed by atoms with Crippen LogP contribution in [0.2, 0.25) is 0 Å². The number of amides is 2. The minimum atomic E-state index is -1.00. The largest absolute Gasteiger partial charge is 0.480 e. The van der Waals surface area contributed by atoms with E-state index in [-0.39, 0.29) is 24.7 Å². The van der Waals surface area contributed by atoms with Gasteiger partial charge >= 0.3 is 12.0 Å². The maximum Gasteiger partial charge on any atom is 0.323 e. The highest BCUT2D eigenvalue weighted by molar-refractivity contribution is 5.80. The maximum absolute atomic E-state index is 11.9. The highest BCUT2D eigenvalue weighted by Gasteiger charge is 2.26. The van der Waals surface area contributed by atoms with E-state index in [4.69, 9.17) is 9.84 Å². The normalized spacial score (nSPS) is 23.1. The Kier molecular flexibility index (Phi) is 5.40. The third-order valence-electron chi connectivity index (χ3n) is 3.24. The van der Waals surface area contributed by atoms with E-state index < -0.39 is 5.97 Å². The molecule has 1 rings (SSSR count). The van der Waals surface area contributed by atoms with Crippen LogP contribution in [0.4, 0.5) is 4.79 Å². The minimum Gasteiger partial charge on any atom is -0.480 e. The van der Waals surface area contributed by atoms with Crippen LogP contribution in [0.25, 0.3) is 0 Å². The van der Waals surface area contributed by atoms with Crippen molar-refractivity contribution < 1.29 is 19.4 Å². The molecule has 1 saturated heterocycles. The van der Waals surface area contributed by atoms with Crippen molar-refractivity contribution >= 4 is 12.0 Å². The zero-order valence-electron chi connectivity index (χ0n) is 11.2. The summed E-state index contributed by atoms with van der Waals surface area (Å²) in [4.78, 5) is 23.9. The second kappa shape index (κ2) is 6.58. The van der Waals surface area contributed by atoms with Gasteiger partial charge in [-0.05, 0) is 27.2 Å². The predicted molar refractivity (Wildman–Crippen MR) is 66.4 cm³/mol. The van der Waals surface area contributed by atoms with Crippen molar-refractivity contribution in [1.82, 2.24) is 10.2 Å². The van der Waals surface area contributed by atoms with Crippen LogP contribution >= 0.6 is 0 Å². The van der Waals surface area contributed by atoms with Crippen LogP contribution in [-0.2, 0) is 9.53 Å². The first-order valence-corrected chi connectivity index (χ1v) is 6.29. The minimum absolute atomic E-state index is 0.140. The molecule has 18 heavy (non-hydrogen) atoms. The van der Waals surface area contributed by atoms with Gasteiger partial charge in [-0.3, -0.25) is 4.79 Å². The second-order valence-electron chi connectivity index (χ2n) is 4.93. The predicted octanol–water partition coefficient (Wildman–Crippen LogP) is 0.916. The van der Waals surface area contributed by atoms with Crippen molar-refractivity contribution in [3.05, 3.63) is 0 Å². The lowest BCUT2D eigenvalue weighted by Crippen LogP contribution is -2.48.